The first-order valence-corrected chi connectivity index (χ1v) is 14.1. The van der Waals surface area contributed by atoms with Crippen LogP contribution in [0.3, 0.4) is 0 Å². The van der Waals surface area contributed by atoms with Crippen LogP contribution in [0.1, 0.15) is 53.3 Å². The number of phenolic OH excluding ortho intramolecular Hbond substituents is 3. The molecule has 13 heteroatoms. The first-order chi connectivity index (χ1) is 21.8. The summed E-state index contributed by atoms with van der Waals surface area (Å²) >= 11 is 12.2. The molecule has 0 atom stereocenters. The van der Waals surface area contributed by atoms with Crippen LogP contribution >= 0.6 is 23.2 Å². The molecule has 4 aromatic carbocycles. The molecule has 11 nitrogen and oxygen atoms in total. The number of methoxy groups -OCH3 is 3. The molecule has 1 aliphatic rings. The van der Waals surface area contributed by atoms with Crippen LogP contribution in [0, 0.1) is 20.8 Å². The quantitative estimate of drug-likeness (QED) is 0.113. The smallest absolute Gasteiger partial charge is 0.347 e. The second-order valence-corrected chi connectivity index (χ2v) is 10.6. The molecule has 0 saturated heterocycles. The Morgan fingerprint density at radius 1 is 0.739 bits per heavy atom. The van der Waals surface area contributed by atoms with E-state index < -0.39 is 23.4 Å². The number of esters is 2. The summed E-state index contributed by atoms with van der Waals surface area (Å²) < 4.78 is 26.1. The van der Waals surface area contributed by atoms with Crippen molar-refractivity contribution in [2.45, 2.75) is 20.8 Å². The predicted octanol–water partition coefficient (Wildman–Crippen LogP) is 7.08. The first kappa shape index (κ1) is 33.8. The van der Waals surface area contributed by atoms with Crippen LogP contribution in [-0.2, 0) is 4.74 Å². The Morgan fingerprint density at radius 2 is 1.37 bits per heavy atom. The van der Waals surface area contributed by atoms with Crippen molar-refractivity contribution >= 4 is 40.9 Å². The zero-order valence-corrected chi connectivity index (χ0v) is 26.9. The van der Waals surface area contributed by atoms with Gasteiger partial charge in [0.25, 0.3) is 0 Å². The summed E-state index contributed by atoms with van der Waals surface area (Å²) in [5.41, 5.74) is 0.885. The number of ether oxygens (including phenoxy) is 5. The highest BCUT2D eigenvalue weighted by molar-refractivity contribution is 6.39. The number of benzene rings is 4. The highest BCUT2D eigenvalue weighted by Crippen LogP contribution is 2.52. The van der Waals surface area contributed by atoms with E-state index in [9.17, 15) is 29.7 Å². The molecule has 1 aliphatic heterocycles. The standard InChI is InChI=1S/C18H14Cl2O7.C15H14O4/c1-5-9-16(11(20)13(22)10(5)19)26-14-6(2)8(17(23)25-4)12(21)7(3)15(14)27-18(9)24;1-18-11-8-12(16)14(13(9-11)19-2)15(17)10-6-4-3-5-7-10/h21-22H,1-4H3;3-9,16H,1-2H3. The molecular formula is C33H28Cl2O11. The number of phenols is 3. The number of hydrogen-bond donors (Lipinski definition) is 3. The van der Waals surface area contributed by atoms with Crippen LogP contribution < -0.4 is 18.9 Å². The maximum atomic E-state index is 12.7. The van der Waals surface area contributed by atoms with Gasteiger partial charge in [-0.25, -0.2) is 9.59 Å². The number of rotatable bonds is 5. The molecule has 46 heavy (non-hydrogen) atoms. The molecule has 0 saturated carbocycles. The molecule has 0 aromatic heterocycles. The zero-order valence-electron chi connectivity index (χ0n) is 25.4. The molecule has 0 spiro atoms. The minimum atomic E-state index is -0.835. The SMILES string of the molecule is COC(=O)c1c(C)c2c(c(C)c1O)OC(=O)c1c(C)c(Cl)c(O)c(Cl)c1O2.COc1cc(O)c(C(=O)c2ccccc2)c(OC)c1. The van der Waals surface area contributed by atoms with Crippen LogP contribution in [0.2, 0.25) is 10.0 Å². The number of aromatic hydroxyl groups is 3. The molecule has 0 unspecified atom stereocenters. The second kappa shape index (κ2) is 13.5. The summed E-state index contributed by atoms with van der Waals surface area (Å²) in [6, 6.07) is 11.7. The van der Waals surface area contributed by atoms with Crippen molar-refractivity contribution in [2.75, 3.05) is 21.3 Å². The summed E-state index contributed by atoms with van der Waals surface area (Å²) in [5.74, 6) is -2.48. The summed E-state index contributed by atoms with van der Waals surface area (Å²) in [6.45, 7) is 4.43. The van der Waals surface area contributed by atoms with Gasteiger partial charge in [-0.3, -0.25) is 4.79 Å². The summed E-state index contributed by atoms with van der Waals surface area (Å²) in [4.78, 5) is 37.1. The lowest BCUT2D eigenvalue weighted by atomic mass is 10.0. The van der Waals surface area contributed by atoms with Crippen LogP contribution in [-0.4, -0.2) is 54.4 Å². The van der Waals surface area contributed by atoms with Crippen LogP contribution in [0.15, 0.2) is 42.5 Å². The Balaban J connectivity index is 0.000000222. The molecule has 5 rings (SSSR count). The summed E-state index contributed by atoms with van der Waals surface area (Å²) in [7, 11) is 4.08. The van der Waals surface area contributed by atoms with E-state index in [-0.39, 0.29) is 78.0 Å². The van der Waals surface area contributed by atoms with Gasteiger partial charge in [0.1, 0.15) is 44.7 Å². The lowest BCUT2D eigenvalue weighted by Crippen LogP contribution is -2.11. The molecule has 3 N–H and O–H groups in total. The third-order valence-corrected chi connectivity index (χ3v) is 7.98. The van der Waals surface area contributed by atoms with Gasteiger partial charge in [-0.2, -0.15) is 0 Å². The second-order valence-electron chi connectivity index (χ2n) is 9.84. The lowest BCUT2D eigenvalue weighted by Gasteiger charge is -2.17. The third kappa shape index (κ3) is 5.94. The van der Waals surface area contributed by atoms with Crippen LogP contribution in [0.25, 0.3) is 0 Å². The van der Waals surface area contributed by atoms with Gasteiger partial charge >= 0.3 is 11.9 Å². The Labute approximate surface area is 273 Å². The van der Waals surface area contributed by atoms with Crippen molar-refractivity contribution in [3.8, 4) is 46.0 Å². The van der Waals surface area contributed by atoms with E-state index in [1.807, 2.05) is 6.07 Å². The van der Waals surface area contributed by atoms with Crippen molar-refractivity contribution < 1.29 is 53.4 Å². The highest BCUT2D eigenvalue weighted by atomic mass is 35.5. The van der Waals surface area contributed by atoms with Crippen LogP contribution in [0.5, 0.6) is 46.0 Å². The molecule has 1 heterocycles. The zero-order chi connectivity index (χ0) is 34.0. The van der Waals surface area contributed by atoms with E-state index >= 15 is 0 Å². The van der Waals surface area contributed by atoms with Gasteiger partial charge in [-0.05, 0) is 26.3 Å². The first-order valence-electron chi connectivity index (χ1n) is 13.4. The third-order valence-electron chi connectivity index (χ3n) is 7.17. The number of ketones is 1. The van der Waals surface area contributed by atoms with Gasteiger partial charge in [0.05, 0.1) is 26.4 Å². The number of carbonyl (C=O) groups excluding carboxylic acids is 3. The lowest BCUT2D eigenvalue weighted by molar-refractivity contribution is 0.0595. The van der Waals surface area contributed by atoms with Crippen LogP contribution in [0.4, 0.5) is 0 Å². The molecule has 4 aromatic rings. The van der Waals surface area contributed by atoms with Crippen molar-refractivity contribution in [3.63, 3.8) is 0 Å². The maximum Gasteiger partial charge on any atom is 0.347 e. The largest absolute Gasteiger partial charge is 0.507 e. The average molecular weight is 671 g/mol. The van der Waals surface area contributed by atoms with Gasteiger partial charge in [-0.1, -0.05) is 53.5 Å². The number of carbonyl (C=O) groups is 3. The molecule has 0 bridgehead atoms. The van der Waals surface area contributed by atoms with Gasteiger partial charge < -0.3 is 39.0 Å². The molecular weight excluding hydrogens is 643 g/mol. The number of halogens is 2. The van der Waals surface area contributed by atoms with Crippen molar-refractivity contribution in [2.24, 2.45) is 0 Å². The van der Waals surface area contributed by atoms with E-state index in [2.05, 4.69) is 0 Å². The fourth-order valence-corrected chi connectivity index (χ4v) is 5.17. The molecule has 0 radical (unpaired) electrons. The molecule has 0 fully saturated rings. The Hall–Kier alpha value is -5.13. The fourth-order valence-electron chi connectivity index (χ4n) is 4.70. The normalized spacial score (nSPS) is 11.4. The minimum absolute atomic E-state index is 0.0131. The van der Waals surface area contributed by atoms with Gasteiger partial charge in [0, 0.05) is 28.8 Å². The van der Waals surface area contributed by atoms with Gasteiger partial charge in [0.15, 0.2) is 23.0 Å². The highest BCUT2D eigenvalue weighted by Gasteiger charge is 2.35. The average Bonchev–Trinajstić information content (AvgIpc) is 3.21. The molecule has 0 amide bonds. The molecule has 240 valence electrons. The topological polar surface area (TPSA) is 158 Å². The summed E-state index contributed by atoms with van der Waals surface area (Å²) in [5, 5.41) is 30.1. The van der Waals surface area contributed by atoms with Gasteiger partial charge in [0.2, 0.25) is 5.78 Å². The Kier molecular flexibility index (Phi) is 9.89. The Morgan fingerprint density at radius 3 is 1.96 bits per heavy atom. The predicted molar refractivity (Wildman–Crippen MR) is 168 cm³/mol. The van der Waals surface area contributed by atoms with E-state index in [0.717, 1.165) is 0 Å². The van der Waals surface area contributed by atoms with E-state index in [0.29, 0.717) is 11.3 Å². The monoisotopic (exact) mass is 670 g/mol. The number of hydrogen-bond acceptors (Lipinski definition) is 11. The maximum absolute atomic E-state index is 12.7. The van der Waals surface area contributed by atoms with Crippen molar-refractivity contribution in [1.82, 2.24) is 0 Å². The van der Waals surface area contributed by atoms with Crippen molar-refractivity contribution in [3.05, 3.63) is 91.5 Å². The minimum Gasteiger partial charge on any atom is -0.507 e. The fraction of sp³-hybridized carbons (Fsp3) is 0.182. The van der Waals surface area contributed by atoms with Gasteiger partial charge in [-0.15, -0.1) is 0 Å². The van der Waals surface area contributed by atoms with E-state index in [1.165, 1.54) is 48.2 Å². The molecule has 0 aliphatic carbocycles. The Bertz CT molecular complexity index is 1890. The van der Waals surface area contributed by atoms with E-state index in [1.54, 1.807) is 30.3 Å². The van der Waals surface area contributed by atoms with Crippen molar-refractivity contribution in [1.29, 1.82) is 0 Å². The van der Waals surface area contributed by atoms with E-state index in [4.69, 9.17) is 46.9 Å². The number of fused-ring (bicyclic) bond motifs is 2. The summed E-state index contributed by atoms with van der Waals surface area (Å²) in [6.07, 6.45) is 0.